The van der Waals surface area contributed by atoms with Crippen LogP contribution in [0.15, 0.2) is 40.3 Å². The Morgan fingerprint density at radius 2 is 2.00 bits per heavy atom. The van der Waals surface area contributed by atoms with Crippen LogP contribution in [0.3, 0.4) is 0 Å². The van der Waals surface area contributed by atoms with E-state index in [0.29, 0.717) is 6.54 Å². The molecule has 7 heteroatoms. The summed E-state index contributed by atoms with van der Waals surface area (Å²) in [6, 6.07) is 8.22. The van der Waals surface area contributed by atoms with Crippen molar-refractivity contribution in [1.29, 1.82) is 0 Å². The number of hydrogen-bond donors (Lipinski definition) is 1. The molecule has 134 valence electrons. The molecule has 1 N–H and O–H groups in total. The van der Waals surface area contributed by atoms with Crippen LogP contribution in [0.5, 0.6) is 0 Å². The van der Waals surface area contributed by atoms with Crippen molar-refractivity contribution in [2.75, 3.05) is 37.6 Å². The summed E-state index contributed by atoms with van der Waals surface area (Å²) in [6.07, 6.45) is 2.72. The minimum absolute atomic E-state index is 0.0669. The second-order valence-electron chi connectivity index (χ2n) is 6.16. The third kappa shape index (κ3) is 5.03. The number of nitrogens with one attached hydrogen (secondary N) is 1. The van der Waals surface area contributed by atoms with Gasteiger partial charge < -0.3 is 10.2 Å². The van der Waals surface area contributed by atoms with Gasteiger partial charge in [-0.25, -0.2) is 4.98 Å². The van der Waals surface area contributed by atoms with E-state index in [0.717, 1.165) is 47.8 Å². The largest absolute Gasteiger partial charge is 0.348 e. The summed E-state index contributed by atoms with van der Waals surface area (Å²) in [7, 11) is 0. The summed E-state index contributed by atoms with van der Waals surface area (Å²) in [6.45, 7) is 6.18. The monoisotopic (exact) mass is 422 g/mol. The van der Waals surface area contributed by atoms with Gasteiger partial charge >= 0.3 is 0 Å². The molecule has 1 amide bonds. The molecular weight excluding hydrogens is 400 g/mol. The molecule has 1 saturated heterocycles. The Hall–Kier alpha value is -1.44. The quantitative estimate of drug-likeness (QED) is 0.775. The van der Waals surface area contributed by atoms with Crippen molar-refractivity contribution in [3.05, 3.63) is 45.9 Å². The lowest BCUT2D eigenvalue weighted by Crippen LogP contribution is -2.49. The van der Waals surface area contributed by atoms with E-state index in [9.17, 15) is 4.79 Å². The van der Waals surface area contributed by atoms with Gasteiger partial charge in [-0.05, 0) is 24.1 Å². The van der Waals surface area contributed by atoms with Gasteiger partial charge in [0, 0.05) is 42.2 Å². The number of amides is 1. The molecule has 1 atom stereocenters. The number of piperazine rings is 1. The Kier molecular flexibility index (Phi) is 6.45. The molecule has 5 nitrogen and oxygen atoms in total. The number of benzene rings is 1. The van der Waals surface area contributed by atoms with Crippen molar-refractivity contribution < 1.29 is 4.79 Å². The Balaban J connectivity index is 1.48. The summed E-state index contributed by atoms with van der Waals surface area (Å²) in [5.41, 5.74) is 1.15. The van der Waals surface area contributed by atoms with E-state index >= 15 is 0 Å². The molecule has 2 aromatic rings. The number of hydrogen-bond acceptors (Lipinski definition) is 5. The van der Waals surface area contributed by atoms with Gasteiger partial charge in [0.1, 0.15) is 0 Å². The molecule has 3 rings (SSSR count). The smallest absolute Gasteiger partial charge is 0.234 e. The van der Waals surface area contributed by atoms with Gasteiger partial charge in [0.2, 0.25) is 5.91 Å². The van der Waals surface area contributed by atoms with Gasteiger partial charge in [0.05, 0.1) is 12.6 Å². The molecule has 0 spiro atoms. The predicted octanol–water partition coefficient (Wildman–Crippen LogP) is 3.30. The molecule has 0 bridgehead atoms. The van der Waals surface area contributed by atoms with E-state index in [4.69, 9.17) is 0 Å². The molecule has 0 aliphatic carbocycles. The summed E-state index contributed by atoms with van der Waals surface area (Å²) in [4.78, 5) is 21.3. The highest BCUT2D eigenvalue weighted by Crippen LogP contribution is 2.20. The molecule has 1 aromatic heterocycles. The molecule has 1 unspecified atom stereocenters. The number of thiazole rings is 1. The first kappa shape index (κ1) is 18.4. The van der Waals surface area contributed by atoms with Crippen molar-refractivity contribution in [2.45, 2.75) is 19.4 Å². The molecule has 0 saturated carbocycles. The zero-order chi connectivity index (χ0) is 17.6. The second kappa shape index (κ2) is 8.78. The fourth-order valence-corrected chi connectivity index (χ4v) is 3.99. The van der Waals surface area contributed by atoms with Crippen molar-refractivity contribution >= 4 is 38.3 Å². The number of carbonyl (C=O) groups excluding carboxylic acids is 1. The molecular formula is C18H23BrN4OS. The van der Waals surface area contributed by atoms with Crippen molar-refractivity contribution in [3.8, 4) is 0 Å². The molecule has 25 heavy (non-hydrogen) atoms. The number of anilines is 1. The molecule has 1 aliphatic rings. The maximum atomic E-state index is 12.4. The molecule has 1 fully saturated rings. The zero-order valence-corrected chi connectivity index (χ0v) is 16.7. The Morgan fingerprint density at radius 3 is 2.60 bits per heavy atom. The van der Waals surface area contributed by atoms with Gasteiger partial charge in [0.25, 0.3) is 0 Å². The molecule has 2 heterocycles. The van der Waals surface area contributed by atoms with Crippen LogP contribution in [0, 0.1) is 0 Å². The van der Waals surface area contributed by atoms with Crippen LogP contribution in [0.1, 0.15) is 24.9 Å². The van der Waals surface area contributed by atoms with E-state index in [-0.39, 0.29) is 11.9 Å². The lowest BCUT2D eigenvalue weighted by molar-refractivity contribution is -0.123. The average Bonchev–Trinajstić information content (AvgIpc) is 3.16. The number of rotatable bonds is 6. The van der Waals surface area contributed by atoms with Crippen molar-refractivity contribution in [2.24, 2.45) is 0 Å². The number of aromatic nitrogens is 1. The Morgan fingerprint density at radius 1 is 1.28 bits per heavy atom. The van der Waals surface area contributed by atoms with E-state index < -0.39 is 0 Å². The lowest BCUT2D eigenvalue weighted by atomic mass is 10.0. The summed E-state index contributed by atoms with van der Waals surface area (Å²) < 4.78 is 1.05. The van der Waals surface area contributed by atoms with E-state index in [1.807, 2.05) is 23.7 Å². The number of halogens is 1. The van der Waals surface area contributed by atoms with Crippen LogP contribution in [-0.2, 0) is 4.79 Å². The highest BCUT2D eigenvalue weighted by molar-refractivity contribution is 9.10. The summed E-state index contributed by atoms with van der Waals surface area (Å²) in [5.74, 6) is 0.0949. The predicted molar refractivity (Wildman–Crippen MR) is 106 cm³/mol. The number of carbonyl (C=O) groups is 1. The topological polar surface area (TPSA) is 48.5 Å². The summed E-state index contributed by atoms with van der Waals surface area (Å²) in [5, 5.41) is 6.25. The van der Waals surface area contributed by atoms with Crippen LogP contribution >= 0.6 is 27.3 Å². The van der Waals surface area contributed by atoms with Crippen LogP contribution in [0.4, 0.5) is 5.13 Å². The molecule has 1 aliphatic heterocycles. The normalized spacial score (nSPS) is 16.6. The van der Waals surface area contributed by atoms with Crippen molar-refractivity contribution in [3.63, 3.8) is 0 Å². The third-order valence-electron chi connectivity index (χ3n) is 4.45. The average molecular weight is 423 g/mol. The first-order valence-corrected chi connectivity index (χ1v) is 10.2. The third-order valence-corrected chi connectivity index (χ3v) is 5.81. The fraction of sp³-hybridized carbons (Fsp3) is 0.444. The molecule has 1 aromatic carbocycles. The number of nitrogens with zero attached hydrogens (tertiary/aromatic N) is 3. The van der Waals surface area contributed by atoms with Crippen LogP contribution in [-0.4, -0.2) is 48.5 Å². The minimum Gasteiger partial charge on any atom is -0.348 e. The zero-order valence-electron chi connectivity index (χ0n) is 14.3. The standard InChI is InChI=1S/C18H23BrN4OS/c1-2-16(14-3-5-15(19)6-4-14)21-17(24)13-22-8-10-23(11-9-22)18-20-7-12-25-18/h3-7,12,16H,2,8-11,13H2,1H3,(H,21,24). The van der Waals surface area contributed by atoms with Gasteiger partial charge in [-0.1, -0.05) is 35.0 Å². The highest BCUT2D eigenvalue weighted by Gasteiger charge is 2.21. The fourth-order valence-electron chi connectivity index (χ4n) is 3.03. The Bertz CT molecular complexity index is 669. The first-order chi connectivity index (χ1) is 12.2. The maximum Gasteiger partial charge on any atom is 0.234 e. The van der Waals surface area contributed by atoms with Crippen LogP contribution in [0.2, 0.25) is 0 Å². The van der Waals surface area contributed by atoms with E-state index in [1.54, 1.807) is 11.3 Å². The van der Waals surface area contributed by atoms with E-state index in [1.165, 1.54) is 0 Å². The highest BCUT2D eigenvalue weighted by atomic mass is 79.9. The molecule has 0 radical (unpaired) electrons. The minimum atomic E-state index is 0.0669. The first-order valence-electron chi connectivity index (χ1n) is 8.57. The SMILES string of the molecule is CCC(NC(=O)CN1CCN(c2nccs2)CC1)c1ccc(Br)cc1. The Labute approximate surface area is 161 Å². The van der Waals surface area contributed by atoms with Crippen LogP contribution < -0.4 is 10.2 Å². The maximum absolute atomic E-state index is 12.4. The lowest BCUT2D eigenvalue weighted by Gasteiger charge is -2.34. The second-order valence-corrected chi connectivity index (χ2v) is 7.95. The van der Waals surface area contributed by atoms with Gasteiger partial charge in [-0.15, -0.1) is 11.3 Å². The van der Waals surface area contributed by atoms with E-state index in [2.05, 4.69) is 55.1 Å². The summed E-state index contributed by atoms with van der Waals surface area (Å²) >= 11 is 5.12. The van der Waals surface area contributed by atoms with Crippen molar-refractivity contribution in [1.82, 2.24) is 15.2 Å². The van der Waals surface area contributed by atoms with Gasteiger partial charge in [0.15, 0.2) is 5.13 Å². The van der Waals surface area contributed by atoms with Crippen LogP contribution in [0.25, 0.3) is 0 Å². The van der Waals surface area contributed by atoms with Gasteiger partial charge in [-0.2, -0.15) is 0 Å². The van der Waals surface area contributed by atoms with Gasteiger partial charge in [-0.3, -0.25) is 9.69 Å².